The molecule has 3 aromatic rings. The molecule has 2 aromatic heterocycles. The van der Waals surface area contributed by atoms with Gasteiger partial charge in [-0.25, -0.2) is 4.52 Å². The van der Waals surface area contributed by atoms with Gasteiger partial charge < -0.3 is 5.32 Å². The number of aryl methyl sites for hydroxylation is 1. The first kappa shape index (κ1) is 15.4. The lowest BCUT2D eigenvalue weighted by Crippen LogP contribution is -2.33. The summed E-state index contributed by atoms with van der Waals surface area (Å²) >= 11 is 7.19. The molecular formula is C14H12ClN5O2S. The molecule has 0 atom stereocenters. The number of halogens is 1. The van der Waals surface area contributed by atoms with E-state index >= 15 is 0 Å². The van der Waals surface area contributed by atoms with Crippen LogP contribution < -0.4 is 10.6 Å². The summed E-state index contributed by atoms with van der Waals surface area (Å²) in [6.07, 6.45) is 0. The molecule has 0 aliphatic rings. The Hall–Kier alpha value is -2.45. The fourth-order valence-electron chi connectivity index (χ4n) is 1.88. The molecule has 0 aliphatic carbocycles. The van der Waals surface area contributed by atoms with Gasteiger partial charge in [0.25, 0.3) is 5.91 Å². The molecule has 1 aromatic carbocycles. The highest BCUT2D eigenvalue weighted by Gasteiger charge is 2.12. The Balaban J connectivity index is 1.56. The van der Waals surface area contributed by atoms with E-state index in [-0.39, 0.29) is 18.4 Å². The predicted molar refractivity (Wildman–Crippen MR) is 88.0 cm³/mol. The molecule has 23 heavy (non-hydrogen) atoms. The van der Waals surface area contributed by atoms with Crippen molar-refractivity contribution >= 4 is 45.7 Å². The molecule has 2 heterocycles. The highest BCUT2D eigenvalue weighted by atomic mass is 35.5. The molecule has 0 radical (unpaired) electrons. The van der Waals surface area contributed by atoms with Gasteiger partial charge in [-0.15, -0.1) is 16.4 Å². The zero-order valence-corrected chi connectivity index (χ0v) is 13.6. The van der Waals surface area contributed by atoms with Crippen LogP contribution in [0.3, 0.4) is 0 Å². The number of benzene rings is 1. The van der Waals surface area contributed by atoms with Gasteiger partial charge in [-0.1, -0.05) is 11.6 Å². The van der Waals surface area contributed by atoms with E-state index in [0.29, 0.717) is 15.5 Å². The monoisotopic (exact) mass is 349 g/mol. The third-order valence-electron chi connectivity index (χ3n) is 3.01. The second-order valence-corrected chi connectivity index (χ2v) is 6.02. The van der Waals surface area contributed by atoms with Crippen molar-refractivity contribution in [3.05, 3.63) is 45.9 Å². The van der Waals surface area contributed by atoms with Crippen molar-refractivity contribution < 1.29 is 9.59 Å². The fraction of sp³-hybridized carbons (Fsp3) is 0.143. The van der Waals surface area contributed by atoms with Crippen molar-refractivity contribution in [2.24, 2.45) is 0 Å². The summed E-state index contributed by atoms with van der Waals surface area (Å²) in [7, 11) is 0. The molecule has 9 heteroatoms. The number of hydrogen-bond donors (Lipinski definition) is 2. The van der Waals surface area contributed by atoms with Gasteiger partial charge in [-0.05, 0) is 31.2 Å². The van der Waals surface area contributed by atoms with Gasteiger partial charge in [0, 0.05) is 16.0 Å². The normalized spacial score (nSPS) is 10.7. The van der Waals surface area contributed by atoms with Crippen LogP contribution in [0.15, 0.2) is 29.6 Å². The molecule has 3 rings (SSSR count). The first-order chi connectivity index (χ1) is 11.0. The molecule has 0 unspecified atom stereocenters. The van der Waals surface area contributed by atoms with Crippen molar-refractivity contribution in [2.45, 2.75) is 6.92 Å². The Labute approximate surface area is 140 Å². The minimum absolute atomic E-state index is 0.173. The molecule has 2 amide bonds. The SMILES string of the molecule is Cc1csc2nc(NC(=O)CNC(=O)c3ccc(Cl)cc3)nn12. The van der Waals surface area contributed by atoms with Crippen LogP contribution in [0.25, 0.3) is 4.96 Å². The average molecular weight is 350 g/mol. The fourth-order valence-corrected chi connectivity index (χ4v) is 2.80. The number of aromatic nitrogens is 3. The lowest BCUT2D eigenvalue weighted by molar-refractivity contribution is -0.115. The largest absolute Gasteiger partial charge is 0.343 e. The number of nitrogens with zero attached hydrogens (tertiary/aromatic N) is 3. The van der Waals surface area contributed by atoms with Crippen molar-refractivity contribution in [1.82, 2.24) is 19.9 Å². The van der Waals surface area contributed by atoms with Crippen molar-refractivity contribution in [2.75, 3.05) is 11.9 Å². The molecule has 0 spiro atoms. The lowest BCUT2D eigenvalue weighted by Gasteiger charge is -2.04. The van der Waals surface area contributed by atoms with Gasteiger partial charge in [0.1, 0.15) is 0 Å². The molecule has 0 saturated carbocycles. The lowest BCUT2D eigenvalue weighted by atomic mass is 10.2. The van der Waals surface area contributed by atoms with E-state index in [1.165, 1.54) is 11.3 Å². The van der Waals surface area contributed by atoms with E-state index in [0.717, 1.165) is 5.69 Å². The molecule has 118 valence electrons. The minimum atomic E-state index is -0.400. The van der Waals surface area contributed by atoms with E-state index in [4.69, 9.17) is 11.6 Å². The average Bonchev–Trinajstić information content (AvgIpc) is 3.07. The van der Waals surface area contributed by atoms with Gasteiger partial charge >= 0.3 is 0 Å². The van der Waals surface area contributed by atoms with Crippen molar-refractivity contribution in [1.29, 1.82) is 0 Å². The summed E-state index contributed by atoms with van der Waals surface area (Å²) in [6, 6.07) is 6.40. The van der Waals surface area contributed by atoms with E-state index in [9.17, 15) is 9.59 Å². The maximum Gasteiger partial charge on any atom is 0.251 e. The first-order valence-electron chi connectivity index (χ1n) is 6.67. The van der Waals surface area contributed by atoms with Crippen LogP contribution >= 0.6 is 22.9 Å². The third-order valence-corrected chi connectivity index (χ3v) is 4.20. The molecule has 0 saturated heterocycles. The standard InChI is InChI=1S/C14H12ClN5O2S/c1-8-7-23-14-18-13(19-20(8)14)17-11(21)6-16-12(22)9-2-4-10(15)5-3-9/h2-5,7H,6H2,1H3,(H,16,22)(H,17,19,21). The van der Waals surface area contributed by atoms with Gasteiger partial charge in [0.15, 0.2) is 0 Å². The molecule has 0 aliphatic heterocycles. The van der Waals surface area contributed by atoms with E-state index in [1.54, 1.807) is 28.8 Å². The maximum atomic E-state index is 11.9. The maximum absolute atomic E-state index is 11.9. The summed E-state index contributed by atoms with van der Waals surface area (Å²) in [5.41, 5.74) is 1.37. The van der Waals surface area contributed by atoms with Crippen LogP contribution in [0.1, 0.15) is 16.1 Å². The summed E-state index contributed by atoms with van der Waals surface area (Å²) < 4.78 is 1.65. The summed E-state index contributed by atoms with van der Waals surface area (Å²) in [6.45, 7) is 1.73. The van der Waals surface area contributed by atoms with Crippen LogP contribution in [-0.4, -0.2) is 33.0 Å². The first-order valence-corrected chi connectivity index (χ1v) is 7.93. The highest BCUT2D eigenvalue weighted by molar-refractivity contribution is 7.15. The van der Waals surface area contributed by atoms with Crippen molar-refractivity contribution in [3.8, 4) is 0 Å². The zero-order valence-electron chi connectivity index (χ0n) is 12.0. The smallest absolute Gasteiger partial charge is 0.251 e. The van der Waals surface area contributed by atoms with Gasteiger partial charge in [-0.2, -0.15) is 4.98 Å². The number of hydrogen-bond acceptors (Lipinski definition) is 5. The highest BCUT2D eigenvalue weighted by Crippen LogP contribution is 2.15. The summed E-state index contributed by atoms with van der Waals surface area (Å²) in [4.78, 5) is 28.6. The van der Waals surface area contributed by atoms with Crippen molar-refractivity contribution in [3.63, 3.8) is 0 Å². The quantitative estimate of drug-likeness (QED) is 0.755. The Morgan fingerprint density at radius 3 is 2.74 bits per heavy atom. The van der Waals surface area contributed by atoms with Crippen LogP contribution in [0.4, 0.5) is 5.95 Å². The molecule has 2 N–H and O–H groups in total. The summed E-state index contributed by atoms with van der Waals surface area (Å²) in [5, 5.41) is 11.7. The van der Waals surface area contributed by atoms with E-state index in [2.05, 4.69) is 20.7 Å². The zero-order chi connectivity index (χ0) is 16.4. The van der Waals surface area contributed by atoms with Crippen LogP contribution in [0.5, 0.6) is 0 Å². The Kier molecular flexibility index (Phi) is 4.26. The second kappa shape index (κ2) is 6.35. The van der Waals surface area contributed by atoms with Gasteiger partial charge in [0.05, 0.1) is 12.2 Å². The Morgan fingerprint density at radius 1 is 1.30 bits per heavy atom. The number of amides is 2. The number of fused-ring (bicyclic) bond motifs is 1. The second-order valence-electron chi connectivity index (χ2n) is 4.74. The van der Waals surface area contributed by atoms with Gasteiger partial charge in [0.2, 0.25) is 16.8 Å². The summed E-state index contributed by atoms with van der Waals surface area (Å²) in [5.74, 6) is -0.541. The van der Waals surface area contributed by atoms with E-state index < -0.39 is 5.91 Å². The Bertz CT molecular complexity index is 871. The number of anilines is 1. The number of nitrogens with one attached hydrogen (secondary N) is 2. The number of carbonyl (C=O) groups excluding carboxylic acids is 2. The third kappa shape index (κ3) is 3.49. The number of thiazole rings is 1. The topological polar surface area (TPSA) is 88.4 Å². The molecule has 0 bridgehead atoms. The molecular weight excluding hydrogens is 338 g/mol. The Morgan fingerprint density at radius 2 is 2.04 bits per heavy atom. The number of carbonyl (C=O) groups is 2. The molecule has 0 fully saturated rings. The number of rotatable bonds is 4. The van der Waals surface area contributed by atoms with E-state index in [1.807, 2.05) is 12.3 Å². The van der Waals surface area contributed by atoms with Gasteiger partial charge in [-0.3, -0.25) is 14.9 Å². The van der Waals surface area contributed by atoms with Crippen LogP contribution in [-0.2, 0) is 4.79 Å². The van der Waals surface area contributed by atoms with Crippen LogP contribution in [0, 0.1) is 6.92 Å². The minimum Gasteiger partial charge on any atom is -0.343 e. The predicted octanol–water partition coefficient (Wildman–Crippen LogP) is 2.12. The van der Waals surface area contributed by atoms with Crippen LogP contribution in [0.2, 0.25) is 5.02 Å². The molecule has 7 nitrogen and oxygen atoms in total.